The molecule has 24 heavy (non-hydrogen) atoms. The van der Waals surface area contributed by atoms with Crippen LogP contribution in [0.15, 0.2) is 23.1 Å². The molecular weight excluding hydrogens is 350 g/mol. The molecule has 0 saturated carbocycles. The van der Waals surface area contributed by atoms with Crippen molar-refractivity contribution in [1.82, 2.24) is 4.31 Å². The average Bonchev–Trinajstić information content (AvgIpc) is 2.86. The number of sulfone groups is 1. The van der Waals surface area contributed by atoms with E-state index in [0.29, 0.717) is 12.8 Å². The molecule has 0 amide bonds. The normalized spacial score (nSPS) is 21.8. The smallest absolute Gasteiger partial charge is 0.247 e. The van der Waals surface area contributed by atoms with Gasteiger partial charge in [0.1, 0.15) is 10.6 Å². The summed E-state index contributed by atoms with van der Waals surface area (Å²) in [6.45, 7) is 5.51. The van der Waals surface area contributed by atoms with E-state index in [4.69, 9.17) is 4.74 Å². The minimum Gasteiger partial charge on any atom is -0.495 e. The van der Waals surface area contributed by atoms with Gasteiger partial charge in [-0.15, -0.1) is 0 Å². The zero-order chi connectivity index (χ0) is 18.1. The van der Waals surface area contributed by atoms with Crippen LogP contribution < -0.4 is 4.74 Å². The summed E-state index contributed by atoms with van der Waals surface area (Å²) in [6.07, 6.45) is 0.934. The van der Waals surface area contributed by atoms with Crippen LogP contribution >= 0.6 is 0 Å². The zero-order valence-electron chi connectivity index (χ0n) is 14.5. The molecule has 8 heteroatoms. The van der Waals surface area contributed by atoms with E-state index >= 15 is 0 Å². The molecule has 1 fully saturated rings. The Morgan fingerprint density at radius 1 is 1.38 bits per heavy atom. The molecule has 0 aromatic heterocycles. The number of nitrogens with zero attached hydrogens (tertiary/aromatic N) is 1. The fourth-order valence-electron chi connectivity index (χ4n) is 3.05. The standard InChI is InChI=1S/C16H25NO5S2/c1-5-13(3)17(14-8-9-23(18,19)11-14)24(20,21)16-10-12(2)6-7-15(16)22-4/h6-7,10,13-14H,5,8-9,11H2,1-4H3/t13-,14-/m1/s1. The molecule has 0 unspecified atom stereocenters. The number of methoxy groups -OCH3 is 1. The monoisotopic (exact) mass is 375 g/mol. The van der Waals surface area contributed by atoms with Crippen LogP contribution in [0.25, 0.3) is 0 Å². The van der Waals surface area contributed by atoms with Gasteiger partial charge in [0.05, 0.1) is 18.6 Å². The summed E-state index contributed by atoms with van der Waals surface area (Å²) in [7, 11) is -5.63. The van der Waals surface area contributed by atoms with Gasteiger partial charge in [-0.1, -0.05) is 13.0 Å². The first-order valence-corrected chi connectivity index (χ1v) is 11.3. The van der Waals surface area contributed by atoms with E-state index in [-0.39, 0.29) is 28.2 Å². The fourth-order valence-corrected chi connectivity index (χ4v) is 7.02. The van der Waals surface area contributed by atoms with E-state index in [1.165, 1.54) is 11.4 Å². The molecule has 0 bridgehead atoms. The van der Waals surface area contributed by atoms with Gasteiger partial charge in [0.2, 0.25) is 10.0 Å². The van der Waals surface area contributed by atoms with E-state index in [2.05, 4.69) is 0 Å². The van der Waals surface area contributed by atoms with Crippen molar-refractivity contribution in [3.8, 4) is 5.75 Å². The van der Waals surface area contributed by atoms with Crippen molar-refractivity contribution in [3.05, 3.63) is 23.8 Å². The van der Waals surface area contributed by atoms with E-state index in [1.54, 1.807) is 18.2 Å². The van der Waals surface area contributed by atoms with Crippen molar-refractivity contribution in [2.75, 3.05) is 18.6 Å². The molecule has 0 aliphatic carbocycles. The van der Waals surface area contributed by atoms with Crippen molar-refractivity contribution in [2.45, 2.75) is 50.6 Å². The van der Waals surface area contributed by atoms with Gasteiger partial charge in [0.25, 0.3) is 0 Å². The highest BCUT2D eigenvalue weighted by molar-refractivity contribution is 7.92. The predicted octanol–water partition coefficient (Wildman–Crippen LogP) is 1.98. The molecule has 2 rings (SSSR count). The molecule has 6 nitrogen and oxygen atoms in total. The Labute approximate surface area is 144 Å². The van der Waals surface area contributed by atoms with Gasteiger partial charge in [-0.25, -0.2) is 16.8 Å². The molecule has 2 atom stereocenters. The number of rotatable bonds is 6. The van der Waals surface area contributed by atoms with Crippen molar-refractivity contribution >= 4 is 19.9 Å². The quantitative estimate of drug-likeness (QED) is 0.759. The van der Waals surface area contributed by atoms with Crippen LogP contribution in [0.1, 0.15) is 32.3 Å². The second kappa shape index (κ2) is 7.01. The lowest BCUT2D eigenvalue weighted by Gasteiger charge is -2.32. The molecule has 1 aliphatic heterocycles. The van der Waals surface area contributed by atoms with Crippen molar-refractivity contribution in [1.29, 1.82) is 0 Å². The predicted molar refractivity (Wildman–Crippen MR) is 93.6 cm³/mol. The summed E-state index contributed by atoms with van der Waals surface area (Å²) in [5.74, 6) is 0.185. The maximum atomic E-state index is 13.3. The highest BCUT2D eigenvalue weighted by atomic mass is 32.2. The van der Waals surface area contributed by atoms with E-state index in [0.717, 1.165) is 5.56 Å². The molecule has 1 aromatic rings. The third kappa shape index (κ3) is 3.75. The van der Waals surface area contributed by atoms with Crippen LogP contribution in [0.3, 0.4) is 0 Å². The van der Waals surface area contributed by atoms with Gasteiger partial charge in [-0.3, -0.25) is 0 Å². The lowest BCUT2D eigenvalue weighted by atomic mass is 10.2. The van der Waals surface area contributed by atoms with Crippen molar-refractivity contribution in [2.24, 2.45) is 0 Å². The third-order valence-electron chi connectivity index (χ3n) is 4.47. The zero-order valence-corrected chi connectivity index (χ0v) is 16.2. The van der Waals surface area contributed by atoms with Gasteiger partial charge >= 0.3 is 0 Å². The van der Waals surface area contributed by atoms with Crippen LogP contribution in [0.2, 0.25) is 0 Å². The van der Waals surface area contributed by atoms with Crippen LogP contribution in [0.4, 0.5) is 0 Å². The maximum Gasteiger partial charge on any atom is 0.247 e. The molecule has 0 spiro atoms. The second-order valence-electron chi connectivity index (χ2n) is 6.30. The Hall–Kier alpha value is -1.12. The molecule has 136 valence electrons. The molecule has 1 heterocycles. The minimum atomic E-state index is -3.87. The highest BCUT2D eigenvalue weighted by Crippen LogP contribution is 2.33. The molecular formula is C16H25NO5S2. The molecule has 0 radical (unpaired) electrons. The van der Waals surface area contributed by atoms with E-state index in [1.807, 2.05) is 20.8 Å². The Morgan fingerprint density at radius 3 is 2.54 bits per heavy atom. The van der Waals surface area contributed by atoms with Crippen molar-refractivity contribution < 1.29 is 21.6 Å². The third-order valence-corrected chi connectivity index (χ3v) is 8.31. The molecule has 1 aliphatic rings. The number of hydrogen-bond acceptors (Lipinski definition) is 5. The van der Waals surface area contributed by atoms with E-state index < -0.39 is 25.9 Å². The van der Waals surface area contributed by atoms with Gasteiger partial charge in [-0.05, 0) is 44.4 Å². The Bertz CT molecular complexity index is 802. The fraction of sp³-hybridized carbons (Fsp3) is 0.625. The summed E-state index contributed by atoms with van der Waals surface area (Å²) >= 11 is 0. The Balaban J connectivity index is 2.55. The summed E-state index contributed by atoms with van der Waals surface area (Å²) < 4.78 is 56.9. The Kier molecular flexibility index (Phi) is 5.61. The minimum absolute atomic E-state index is 0.0328. The average molecular weight is 376 g/mol. The van der Waals surface area contributed by atoms with Crippen LogP contribution in [-0.4, -0.2) is 51.8 Å². The first kappa shape index (κ1) is 19.2. The highest BCUT2D eigenvalue weighted by Gasteiger charge is 2.41. The van der Waals surface area contributed by atoms with Gasteiger partial charge in [0.15, 0.2) is 9.84 Å². The summed E-state index contributed by atoms with van der Waals surface area (Å²) in [5.41, 5.74) is 0.803. The van der Waals surface area contributed by atoms with Crippen LogP contribution in [0, 0.1) is 6.92 Å². The first-order valence-electron chi connectivity index (χ1n) is 8.01. The number of hydrogen-bond donors (Lipinski definition) is 0. The SMILES string of the molecule is CC[C@@H](C)N([C@@H]1CCS(=O)(=O)C1)S(=O)(=O)c1cc(C)ccc1OC. The number of benzene rings is 1. The first-order chi connectivity index (χ1) is 11.1. The second-order valence-corrected chi connectivity index (χ2v) is 10.3. The molecule has 1 saturated heterocycles. The van der Waals surface area contributed by atoms with Gasteiger partial charge in [0, 0.05) is 12.1 Å². The van der Waals surface area contributed by atoms with E-state index in [9.17, 15) is 16.8 Å². The lowest BCUT2D eigenvalue weighted by molar-refractivity contribution is 0.270. The summed E-state index contributed by atoms with van der Waals surface area (Å²) in [5, 5.41) is 0. The van der Waals surface area contributed by atoms with Gasteiger partial charge < -0.3 is 4.74 Å². The number of aryl methyl sites for hydroxylation is 1. The maximum absolute atomic E-state index is 13.3. The van der Waals surface area contributed by atoms with Crippen molar-refractivity contribution in [3.63, 3.8) is 0 Å². The topological polar surface area (TPSA) is 80.8 Å². The summed E-state index contributed by atoms with van der Waals surface area (Å²) in [6, 6.07) is 4.17. The Morgan fingerprint density at radius 2 is 2.04 bits per heavy atom. The van der Waals surface area contributed by atoms with Gasteiger partial charge in [-0.2, -0.15) is 4.31 Å². The lowest BCUT2D eigenvalue weighted by Crippen LogP contribution is -2.46. The van der Waals surface area contributed by atoms with Crippen LogP contribution in [0.5, 0.6) is 5.75 Å². The number of sulfonamides is 1. The summed E-state index contributed by atoms with van der Waals surface area (Å²) in [4.78, 5) is 0.0922. The largest absolute Gasteiger partial charge is 0.495 e. The molecule has 1 aromatic carbocycles. The number of ether oxygens (including phenoxy) is 1. The van der Waals surface area contributed by atoms with Crippen LogP contribution in [-0.2, 0) is 19.9 Å². The molecule has 0 N–H and O–H groups in total.